The van der Waals surface area contributed by atoms with Crippen LogP contribution in [0.4, 0.5) is 4.79 Å². The van der Waals surface area contributed by atoms with E-state index in [1.165, 1.54) is 9.80 Å². The number of amides is 7. The van der Waals surface area contributed by atoms with Crippen molar-refractivity contribution in [2.75, 3.05) is 40.3 Å². The molecule has 7 atom stereocenters. The minimum atomic E-state index is -1.26. The Kier molecular flexibility index (Phi) is 13.9. The summed E-state index contributed by atoms with van der Waals surface area (Å²) in [5.74, 6) is -4.88. The second-order valence-corrected chi connectivity index (χ2v) is 18.0. The van der Waals surface area contributed by atoms with Gasteiger partial charge in [0.15, 0.2) is 0 Å². The second kappa shape index (κ2) is 18.3. The van der Waals surface area contributed by atoms with Crippen molar-refractivity contribution in [1.29, 1.82) is 0 Å². The zero-order chi connectivity index (χ0) is 42.5. The quantitative estimate of drug-likeness (QED) is 0.284. The highest BCUT2D eigenvalue weighted by Gasteiger charge is 2.70. The van der Waals surface area contributed by atoms with Gasteiger partial charge >= 0.3 is 6.09 Å². The maximum absolute atomic E-state index is 14.7. The van der Waals surface area contributed by atoms with Gasteiger partial charge in [-0.2, -0.15) is 0 Å². The van der Waals surface area contributed by atoms with E-state index in [0.29, 0.717) is 57.1 Å². The summed E-state index contributed by atoms with van der Waals surface area (Å²) in [5.41, 5.74) is -0.581. The predicted octanol–water partition coefficient (Wildman–Crippen LogP) is 2.07. The summed E-state index contributed by atoms with van der Waals surface area (Å²) >= 11 is 0. The van der Waals surface area contributed by atoms with Crippen LogP contribution in [0.3, 0.4) is 0 Å². The summed E-state index contributed by atoms with van der Waals surface area (Å²) in [7, 11) is 3.12. The van der Waals surface area contributed by atoms with E-state index in [1.54, 1.807) is 70.1 Å². The third-order valence-electron chi connectivity index (χ3n) is 12.0. The summed E-state index contributed by atoms with van der Waals surface area (Å²) in [5, 5.41) is 10.6. The molecular formula is C42H61N7O9. The highest BCUT2D eigenvalue weighted by Crippen LogP contribution is 2.65. The molecule has 2 bridgehead atoms. The summed E-state index contributed by atoms with van der Waals surface area (Å²) in [4.78, 5) is 113. The normalized spacial score (nSPS) is 26.8. The van der Waals surface area contributed by atoms with E-state index in [9.17, 15) is 38.4 Å². The fraction of sp³-hybridized carbons (Fsp3) is 0.667. The van der Waals surface area contributed by atoms with Crippen molar-refractivity contribution in [2.45, 2.75) is 116 Å². The molecule has 4 aliphatic rings. The fourth-order valence-corrected chi connectivity index (χ4v) is 8.79. The first kappa shape index (κ1) is 44.1. The molecule has 0 aromatic heterocycles. The lowest BCUT2D eigenvalue weighted by Gasteiger charge is -2.40. The number of alkyl carbamates (subject to hydrolysis) is 1. The van der Waals surface area contributed by atoms with Crippen molar-refractivity contribution >= 4 is 47.3 Å². The first-order valence-electron chi connectivity index (χ1n) is 20.6. The molecule has 1 aromatic carbocycles. The van der Waals surface area contributed by atoms with Crippen LogP contribution in [0.25, 0.3) is 0 Å². The molecule has 1 aliphatic carbocycles. The van der Waals surface area contributed by atoms with Crippen LogP contribution in [0.2, 0.25) is 0 Å². The molecule has 3 unspecified atom stereocenters. The summed E-state index contributed by atoms with van der Waals surface area (Å²) in [6.45, 7) is 9.68. The average molecular weight is 808 g/mol. The van der Waals surface area contributed by atoms with Crippen LogP contribution >= 0.6 is 0 Å². The van der Waals surface area contributed by atoms with Crippen molar-refractivity contribution in [3.8, 4) is 0 Å². The highest BCUT2D eigenvalue weighted by molar-refractivity contribution is 6.38. The molecule has 1 aromatic rings. The van der Waals surface area contributed by atoms with Crippen LogP contribution in [0.5, 0.6) is 0 Å². The Morgan fingerprint density at radius 1 is 0.948 bits per heavy atom. The van der Waals surface area contributed by atoms with Gasteiger partial charge in [-0.1, -0.05) is 63.4 Å². The molecule has 7 amide bonds. The molecule has 16 heteroatoms. The number of ether oxygens (including phenoxy) is 1. The molecule has 318 valence electrons. The zero-order valence-corrected chi connectivity index (χ0v) is 34.9. The number of Topliss-reactive ketones (excluding diaryl/α,β-unsaturated/α-hetero) is 1. The first-order valence-corrected chi connectivity index (χ1v) is 20.6. The summed E-state index contributed by atoms with van der Waals surface area (Å²) < 4.78 is 5.55. The number of rotatable bonds is 8. The Balaban J connectivity index is 1.36. The standard InChI is InChI=1S/C42H61N7O9/c1-41(2,3)58-40(57)46-33-26-18-15-21-48(23-26)30(51)20-14-9-8-13-19-28(44-36(53)34-31-27(42(31,4)5)24-49(34)39(33)56)35(52)37(54)43-22-29(50)45-32(38(55)47(6)7)25-16-11-10-12-17-25/h10-12,16-17,26-28,31-34H,8-9,13-15,18-24H2,1-7H3,(H,43,54)(H,44,53)(H,45,50)(H,46,57)/t26?,27?,28-,31?,32-,33-,34-/m0/s1. The largest absolute Gasteiger partial charge is 0.444 e. The number of piperidine rings is 2. The molecule has 4 fully saturated rings. The van der Waals surface area contributed by atoms with Gasteiger partial charge in [0.25, 0.3) is 5.91 Å². The number of hydrogen-bond acceptors (Lipinski definition) is 9. The molecule has 0 spiro atoms. The molecule has 0 radical (unpaired) electrons. The Morgan fingerprint density at radius 3 is 2.31 bits per heavy atom. The predicted molar refractivity (Wildman–Crippen MR) is 212 cm³/mol. The van der Waals surface area contributed by atoms with E-state index in [1.807, 2.05) is 13.8 Å². The number of benzene rings is 1. The first-order chi connectivity index (χ1) is 27.3. The molecule has 58 heavy (non-hydrogen) atoms. The smallest absolute Gasteiger partial charge is 0.408 e. The van der Waals surface area contributed by atoms with E-state index < -0.39 is 77.7 Å². The van der Waals surface area contributed by atoms with E-state index in [2.05, 4.69) is 21.3 Å². The van der Waals surface area contributed by atoms with Crippen molar-refractivity contribution in [1.82, 2.24) is 36.0 Å². The van der Waals surface area contributed by atoms with Crippen LogP contribution in [-0.2, 0) is 38.3 Å². The lowest BCUT2D eigenvalue weighted by atomic mass is 9.88. The van der Waals surface area contributed by atoms with Crippen LogP contribution in [0.15, 0.2) is 30.3 Å². The Morgan fingerprint density at radius 2 is 1.64 bits per heavy atom. The van der Waals surface area contributed by atoms with Gasteiger partial charge in [-0.3, -0.25) is 33.6 Å². The summed E-state index contributed by atoms with van der Waals surface area (Å²) in [6, 6.07) is 4.27. The molecular weight excluding hydrogens is 747 g/mol. The van der Waals surface area contributed by atoms with Gasteiger partial charge < -0.3 is 40.7 Å². The van der Waals surface area contributed by atoms with E-state index in [4.69, 9.17) is 4.74 Å². The maximum atomic E-state index is 14.7. The van der Waals surface area contributed by atoms with E-state index in [0.717, 1.165) is 0 Å². The van der Waals surface area contributed by atoms with E-state index >= 15 is 0 Å². The molecule has 4 N–H and O–H groups in total. The third kappa shape index (κ3) is 10.5. The van der Waals surface area contributed by atoms with Crippen LogP contribution < -0.4 is 21.3 Å². The number of nitrogens with zero attached hydrogens (tertiary/aromatic N) is 3. The minimum absolute atomic E-state index is 0.0144. The SMILES string of the molecule is CN(C)C(=O)[C@@H](NC(=O)CNC(=O)C(=O)[C@@H]1CCCCCCC(=O)N2CCCC(C2)[C@H](NC(=O)OC(C)(C)C)C(=O)N2CC3C([C@H]2C(=O)N1)C3(C)C)c1ccccc1. The number of ketones is 1. The molecule has 5 rings (SSSR count). The van der Waals surface area contributed by atoms with Gasteiger partial charge in [0, 0.05) is 46.1 Å². The number of nitrogens with one attached hydrogen (secondary N) is 4. The molecule has 16 nitrogen and oxygen atoms in total. The number of hydrogen-bond donors (Lipinski definition) is 4. The summed E-state index contributed by atoms with van der Waals surface area (Å²) in [6.07, 6.45) is 3.21. The minimum Gasteiger partial charge on any atom is -0.444 e. The maximum Gasteiger partial charge on any atom is 0.408 e. The number of likely N-dealkylation sites (N-methyl/N-ethyl adjacent to an activating group) is 1. The van der Waals surface area contributed by atoms with Crippen LogP contribution in [-0.4, -0.2) is 126 Å². The Labute approximate surface area is 340 Å². The van der Waals surface area contributed by atoms with Gasteiger partial charge in [-0.15, -0.1) is 0 Å². The lowest BCUT2D eigenvalue weighted by Crippen LogP contribution is -2.61. The Hall–Kier alpha value is -5.02. The van der Waals surface area contributed by atoms with Gasteiger partial charge in [0.2, 0.25) is 35.3 Å². The number of carbonyl (C=O) groups is 8. The zero-order valence-electron chi connectivity index (χ0n) is 34.9. The van der Waals surface area contributed by atoms with Crippen molar-refractivity contribution in [3.63, 3.8) is 0 Å². The number of carbonyl (C=O) groups excluding carboxylic acids is 8. The molecule has 3 heterocycles. The molecule has 1 saturated carbocycles. The van der Waals surface area contributed by atoms with E-state index in [-0.39, 0.29) is 48.6 Å². The highest BCUT2D eigenvalue weighted by atomic mass is 16.6. The van der Waals surface area contributed by atoms with Gasteiger partial charge in [-0.05, 0) is 69.3 Å². The number of fused-ring (bicyclic) bond motifs is 5. The van der Waals surface area contributed by atoms with Gasteiger partial charge in [0.05, 0.1) is 12.6 Å². The van der Waals surface area contributed by atoms with Gasteiger partial charge in [-0.25, -0.2) is 4.79 Å². The van der Waals surface area contributed by atoms with Crippen LogP contribution in [0.1, 0.15) is 97.6 Å². The molecule has 3 aliphatic heterocycles. The second-order valence-electron chi connectivity index (χ2n) is 18.0. The third-order valence-corrected chi connectivity index (χ3v) is 12.0. The van der Waals surface area contributed by atoms with Crippen molar-refractivity contribution in [2.24, 2.45) is 23.2 Å². The fourth-order valence-electron chi connectivity index (χ4n) is 8.79. The average Bonchev–Trinajstić information content (AvgIpc) is 3.46. The monoisotopic (exact) mass is 807 g/mol. The lowest BCUT2D eigenvalue weighted by molar-refractivity contribution is -0.145. The van der Waals surface area contributed by atoms with Gasteiger partial charge in [0.1, 0.15) is 23.7 Å². The van der Waals surface area contributed by atoms with Crippen molar-refractivity contribution in [3.05, 3.63) is 35.9 Å². The van der Waals surface area contributed by atoms with Crippen LogP contribution in [0, 0.1) is 23.2 Å². The topological polar surface area (TPSA) is 204 Å². The molecule has 3 saturated heterocycles. The Bertz CT molecular complexity index is 1740. The van der Waals surface area contributed by atoms with Crippen molar-refractivity contribution < 1.29 is 43.1 Å².